The number of nitrogens with two attached hydrogens (primary N) is 1. The normalized spacial score (nSPS) is 23.6. The highest BCUT2D eigenvalue weighted by molar-refractivity contribution is 9.10. The largest absolute Gasteiger partial charge is 0.329 e. The molecule has 1 aromatic carbocycles. The maximum atomic E-state index is 12.2. The van der Waals surface area contributed by atoms with Gasteiger partial charge in [-0.2, -0.15) is 0 Å². The molecule has 2 atom stereocenters. The first kappa shape index (κ1) is 15.5. The fourth-order valence-electron chi connectivity index (χ4n) is 2.86. The summed E-state index contributed by atoms with van der Waals surface area (Å²) in [6.45, 7) is 4.21. The summed E-state index contributed by atoms with van der Waals surface area (Å²) in [7, 11) is 0. The maximum absolute atomic E-state index is 12.2. The van der Waals surface area contributed by atoms with Crippen LogP contribution in [0.1, 0.15) is 19.8 Å². The van der Waals surface area contributed by atoms with E-state index in [1.54, 1.807) is 0 Å². The van der Waals surface area contributed by atoms with E-state index in [1.165, 1.54) is 6.42 Å². The van der Waals surface area contributed by atoms with Gasteiger partial charge in [-0.1, -0.05) is 28.9 Å². The van der Waals surface area contributed by atoms with E-state index >= 15 is 0 Å². The number of likely N-dealkylation sites (tertiary alicyclic amines) is 1. The van der Waals surface area contributed by atoms with Crippen LogP contribution in [0.15, 0.2) is 28.7 Å². The van der Waals surface area contributed by atoms with E-state index in [1.807, 2.05) is 24.3 Å². The van der Waals surface area contributed by atoms with E-state index in [2.05, 4.69) is 33.1 Å². The standard InChI is InChI=1S/C15H22BrN3O/c1-11-4-3-7-19(14(11)9-17)10-15(20)18-13-6-2-5-12(16)8-13/h2,5-6,8,11,14H,3-4,7,9-10,17H2,1H3,(H,18,20). The van der Waals surface area contributed by atoms with Crippen LogP contribution in [0.3, 0.4) is 0 Å². The van der Waals surface area contributed by atoms with E-state index in [0.29, 0.717) is 25.0 Å². The number of carbonyl (C=O) groups is 1. The van der Waals surface area contributed by atoms with Gasteiger partial charge in [0.1, 0.15) is 0 Å². The number of benzene rings is 1. The van der Waals surface area contributed by atoms with Crippen molar-refractivity contribution < 1.29 is 4.79 Å². The van der Waals surface area contributed by atoms with Crippen LogP contribution < -0.4 is 11.1 Å². The molecule has 0 radical (unpaired) electrons. The quantitative estimate of drug-likeness (QED) is 0.885. The fourth-order valence-corrected chi connectivity index (χ4v) is 3.26. The zero-order valence-electron chi connectivity index (χ0n) is 11.8. The Balaban J connectivity index is 1.93. The van der Waals surface area contributed by atoms with Crippen molar-refractivity contribution in [1.82, 2.24) is 4.90 Å². The maximum Gasteiger partial charge on any atom is 0.238 e. The molecule has 0 spiro atoms. The van der Waals surface area contributed by atoms with Gasteiger partial charge < -0.3 is 11.1 Å². The molecule has 1 amide bonds. The second-order valence-corrected chi connectivity index (χ2v) is 6.37. The molecule has 0 aromatic heterocycles. The van der Waals surface area contributed by atoms with Crippen LogP contribution in [0, 0.1) is 5.92 Å². The summed E-state index contributed by atoms with van der Waals surface area (Å²) < 4.78 is 0.960. The smallest absolute Gasteiger partial charge is 0.238 e. The lowest BCUT2D eigenvalue weighted by Crippen LogP contribution is -2.51. The third-order valence-corrected chi connectivity index (χ3v) is 4.42. The van der Waals surface area contributed by atoms with Crippen LogP contribution in [0.25, 0.3) is 0 Å². The number of hydrogen-bond donors (Lipinski definition) is 2. The molecule has 1 saturated heterocycles. The lowest BCUT2D eigenvalue weighted by atomic mass is 9.91. The van der Waals surface area contributed by atoms with Gasteiger partial charge in [0.25, 0.3) is 0 Å². The van der Waals surface area contributed by atoms with Gasteiger partial charge in [-0.3, -0.25) is 9.69 Å². The van der Waals surface area contributed by atoms with Gasteiger partial charge in [0, 0.05) is 22.7 Å². The van der Waals surface area contributed by atoms with Crippen molar-refractivity contribution >= 4 is 27.5 Å². The zero-order valence-corrected chi connectivity index (χ0v) is 13.4. The molecule has 0 bridgehead atoms. The first-order chi connectivity index (χ1) is 9.60. The Hall–Kier alpha value is -0.910. The van der Waals surface area contributed by atoms with Crippen molar-refractivity contribution in [1.29, 1.82) is 0 Å². The third kappa shape index (κ3) is 4.04. The number of carbonyl (C=O) groups excluding carboxylic acids is 1. The van der Waals surface area contributed by atoms with Crippen molar-refractivity contribution in [3.8, 4) is 0 Å². The van der Waals surface area contributed by atoms with E-state index in [-0.39, 0.29) is 5.91 Å². The minimum Gasteiger partial charge on any atom is -0.329 e. The minimum absolute atomic E-state index is 0.0238. The van der Waals surface area contributed by atoms with Gasteiger partial charge in [-0.05, 0) is 43.5 Å². The van der Waals surface area contributed by atoms with Crippen LogP contribution in [0.5, 0.6) is 0 Å². The highest BCUT2D eigenvalue weighted by Gasteiger charge is 2.28. The lowest BCUT2D eigenvalue weighted by Gasteiger charge is -2.38. The van der Waals surface area contributed by atoms with Crippen molar-refractivity contribution in [3.63, 3.8) is 0 Å². The topological polar surface area (TPSA) is 58.4 Å². The number of halogens is 1. The Kier molecular flexibility index (Phi) is 5.57. The summed E-state index contributed by atoms with van der Waals surface area (Å²) in [6.07, 6.45) is 2.34. The van der Waals surface area contributed by atoms with Gasteiger partial charge in [0.05, 0.1) is 6.54 Å². The molecule has 0 saturated carbocycles. The average molecular weight is 340 g/mol. The molecule has 4 nitrogen and oxygen atoms in total. The van der Waals surface area contributed by atoms with Gasteiger partial charge in [-0.25, -0.2) is 0 Å². The molecule has 3 N–H and O–H groups in total. The van der Waals surface area contributed by atoms with Crippen molar-refractivity contribution in [2.24, 2.45) is 11.7 Å². The van der Waals surface area contributed by atoms with Crippen molar-refractivity contribution in [3.05, 3.63) is 28.7 Å². The molecule has 1 aliphatic heterocycles. The second-order valence-electron chi connectivity index (χ2n) is 5.45. The van der Waals surface area contributed by atoms with E-state index < -0.39 is 0 Å². The Morgan fingerprint density at radius 3 is 3.05 bits per heavy atom. The highest BCUT2D eigenvalue weighted by atomic mass is 79.9. The molecule has 1 aliphatic rings. The number of amides is 1. The summed E-state index contributed by atoms with van der Waals surface area (Å²) in [5, 5.41) is 2.94. The number of anilines is 1. The van der Waals surface area contributed by atoms with E-state index in [4.69, 9.17) is 5.73 Å². The minimum atomic E-state index is 0.0238. The number of nitrogens with zero attached hydrogens (tertiary/aromatic N) is 1. The predicted molar refractivity (Wildman–Crippen MR) is 85.6 cm³/mol. The Morgan fingerprint density at radius 2 is 2.35 bits per heavy atom. The van der Waals surface area contributed by atoms with Gasteiger partial charge >= 0.3 is 0 Å². The highest BCUT2D eigenvalue weighted by Crippen LogP contribution is 2.22. The molecule has 110 valence electrons. The molecular weight excluding hydrogens is 318 g/mol. The Labute approximate surface area is 128 Å². The first-order valence-electron chi connectivity index (χ1n) is 7.09. The molecule has 1 fully saturated rings. The molecule has 2 unspecified atom stereocenters. The third-order valence-electron chi connectivity index (χ3n) is 3.93. The number of nitrogens with one attached hydrogen (secondary N) is 1. The number of piperidine rings is 1. The van der Waals surface area contributed by atoms with E-state index in [9.17, 15) is 4.79 Å². The first-order valence-corrected chi connectivity index (χ1v) is 7.89. The SMILES string of the molecule is CC1CCCN(CC(=O)Nc2cccc(Br)c2)C1CN. The predicted octanol–water partition coefficient (Wildman–Crippen LogP) is 2.45. The molecule has 1 aromatic rings. The molecule has 0 aliphatic carbocycles. The van der Waals surface area contributed by atoms with Crippen LogP contribution >= 0.6 is 15.9 Å². The van der Waals surface area contributed by atoms with Gasteiger partial charge in [-0.15, -0.1) is 0 Å². The molecule has 5 heteroatoms. The van der Waals surface area contributed by atoms with Crippen LogP contribution in [-0.2, 0) is 4.79 Å². The van der Waals surface area contributed by atoms with Crippen molar-refractivity contribution in [2.45, 2.75) is 25.8 Å². The molecule has 2 rings (SSSR count). The number of rotatable bonds is 4. The van der Waals surface area contributed by atoms with Crippen LogP contribution in [-0.4, -0.2) is 36.5 Å². The summed E-state index contributed by atoms with van der Waals surface area (Å²) in [4.78, 5) is 14.4. The van der Waals surface area contributed by atoms with Crippen molar-refractivity contribution in [2.75, 3.05) is 25.0 Å². The summed E-state index contributed by atoms with van der Waals surface area (Å²) in [6, 6.07) is 7.95. The average Bonchev–Trinajstić information content (AvgIpc) is 2.38. The Morgan fingerprint density at radius 1 is 1.55 bits per heavy atom. The Bertz CT molecular complexity index is 466. The molecule has 20 heavy (non-hydrogen) atoms. The second kappa shape index (κ2) is 7.20. The molecular formula is C15H22BrN3O. The van der Waals surface area contributed by atoms with Gasteiger partial charge in [0.2, 0.25) is 5.91 Å². The monoisotopic (exact) mass is 339 g/mol. The summed E-state index contributed by atoms with van der Waals surface area (Å²) in [5.74, 6) is 0.586. The zero-order chi connectivity index (χ0) is 14.5. The summed E-state index contributed by atoms with van der Waals surface area (Å²) in [5.41, 5.74) is 6.67. The van der Waals surface area contributed by atoms with Crippen LogP contribution in [0.2, 0.25) is 0 Å². The number of hydrogen-bond acceptors (Lipinski definition) is 3. The molecule has 1 heterocycles. The summed E-state index contributed by atoms with van der Waals surface area (Å²) >= 11 is 3.40. The van der Waals surface area contributed by atoms with Gasteiger partial charge in [0.15, 0.2) is 0 Å². The lowest BCUT2D eigenvalue weighted by molar-refractivity contribution is -0.118. The van der Waals surface area contributed by atoms with Crippen LogP contribution in [0.4, 0.5) is 5.69 Å². The fraction of sp³-hybridized carbons (Fsp3) is 0.533. The van der Waals surface area contributed by atoms with E-state index in [0.717, 1.165) is 23.1 Å².